The molecule has 2 bridgehead atoms. The van der Waals surface area contributed by atoms with Gasteiger partial charge in [0.25, 0.3) is 0 Å². The Morgan fingerprint density at radius 2 is 1.01 bits per heavy atom. The third kappa shape index (κ3) is 24.9. The van der Waals surface area contributed by atoms with Crippen LogP contribution < -0.4 is 81.0 Å². The first-order valence-corrected chi connectivity index (χ1v) is 38.5. The second kappa shape index (κ2) is 42.2. The number of carboxylic acids is 1. The van der Waals surface area contributed by atoms with Gasteiger partial charge in [0.2, 0.25) is 82.7 Å². The number of carboxylic acid groups (broad SMARTS) is 1. The molecule has 0 radical (unpaired) electrons. The highest BCUT2D eigenvalue weighted by Gasteiger charge is 2.47. The zero-order valence-electron chi connectivity index (χ0n) is 60.0. The Hall–Kier alpha value is -8.27. The van der Waals surface area contributed by atoms with Crippen molar-refractivity contribution >= 4 is 110 Å². The number of aliphatic carboxylic acids is 1. The van der Waals surface area contributed by atoms with Crippen molar-refractivity contribution in [1.29, 1.82) is 0 Å². The first kappa shape index (κ1) is 85.7. The van der Waals surface area contributed by atoms with Gasteiger partial charge in [0.05, 0.1) is 25.7 Å². The van der Waals surface area contributed by atoms with Crippen LogP contribution >= 0.6 is 21.6 Å². The molecule has 38 heteroatoms. The van der Waals surface area contributed by atoms with E-state index in [1.54, 1.807) is 58.0 Å². The number of carbonyl (C=O) groups is 15. The number of rotatable bonds is 19. The Kier molecular flexibility index (Phi) is 34.4. The zero-order valence-corrected chi connectivity index (χ0v) is 61.7. The van der Waals surface area contributed by atoms with E-state index in [2.05, 4.69) is 63.8 Å². The van der Waals surface area contributed by atoms with E-state index in [0.29, 0.717) is 31.2 Å². The van der Waals surface area contributed by atoms with Crippen LogP contribution in [0.4, 0.5) is 0 Å². The van der Waals surface area contributed by atoms with Crippen molar-refractivity contribution in [3.05, 3.63) is 35.9 Å². The minimum Gasteiger partial charge on any atom is -0.481 e. The minimum absolute atomic E-state index is 0.0250. The monoisotopic (exact) mass is 1510 g/mol. The Balaban J connectivity index is 1.50. The Labute approximate surface area is 617 Å². The molecule has 5 fully saturated rings. The number of fused-ring (bicyclic) bond motifs is 8. The number of hydrogen-bond donors (Lipinski definition) is 18. The smallest absolute Gasteiger partial charge is 0.305 e. The van der Waals surface area contributed by atoms with Gasteiger partial charge < -0.3 is 106 Å². The van der Waals surface area contributed by atoms with Gasteiger partial charge in [-0.15, -0.1) is 0 Å². The highest BCUT2D eigenvalue weighted by molar-refractivity contribution is 8.76. The SMILES string of the molecule is CC[C@H](C)[C@@H]1NC(=O)[C@@H]2CCCN2C(=O)[C@@H]2CCCN2C(=O)[C@H]([C@@H](C)CC)NC(=O)[C@H](CO)NC(=O)[C@H](CCCCN)NC(=O)[C@H]([C@@H](C)O)NC(=O)[C@@H]2CSSC[C@H](NC1=O)C(=O)N[C@@H](Cc1ccccc1)C(=O)N1CCC[C@H]1C(=O)N[C@@H](CC(=O)O)C(=O)NCC(=O)N[C@@H](CCCNC(N)N)C(=O)N2. The van der Waals surface area contributed by atoms with Gasteiger partial charge in [-0.2, -0.15) is 0 Å². The van der Waals surface area contributed by atoms with E-state index in [-0.39, 0.29) is 96.9 Å². The summed E-state index contributed by atoms with van der Waals surface area (Å²) in [6.45, 7) is 6.42. The van der Waals surface area contributed by atoms with E-state index in [1.807, 2.05) is 0 Å². The molecule has 0 aromatic heterocycles. The third-order valence-corrected chi connectivity index (χ3v) is 21.8. The fourth-order valence-electron chi connectivity index (χ4n) is 13.0. The van der Waals surface area contributed by atoms with E-state index in [4.69, 9.17) is 17.2 Å². The van der Waals surface area contributed by atoms with Crippen LogP contribution in [-0.2, 0) is 78.3 Å². The van der Waals surface area contributed by atoms with Gasteiger partial charge >= 0.3 is 5.97 Å². The van der Waals surface area contributed by atoms with Gasteiger partial charge in [0.1, 0.15) is 84.8 Å². The summed E-state index contributed by atoms with van der Waals surface area (Å²) in [4.78, 5) is 221. The molecular formula is C67H106N18O18S2. The molecule has 16 atom stereocenters. The molecule has 0 saturated carbocycles. The molecule has 584 valence electrons. The molecule has 5 aliphatic heterocycles. The second-order valence-electron chi connectivity index (χ2n) is 27.2. The van der Waals surface area contributed by atoms with E-state index in [9.17, 15) is 72.9 Å². The third-order valence-electron chi connectivity index (χ3n) is 19.4. The van der Waals surface area contributed by atoms with Crippen molar-refractivity contribution in [3.63, 3.8) is 0 Å². The number of benzene rings is 1. The van der Waals surface area contributed by atoms with Crippen LogP contribution in [0, 0.1) is 11.8 Å². The average molecular weight is 1520 g/mol. The lowest BCUT2D eigenvalue weighted by atomic mass is 9.96. The standard InChI is InChI=1S/C67H106N18O18S2/c1-6-35(3)51-62(99)79-44-33-104-105-34-45(78-55(92)39(20-13-25-71-67(69)70)73-49(88)31-72-54(91)41(30-50(89)90)75-60(97)46-21-14-26-83(46)64(101)42(76-58(44)95)29-38-17-9-8-10-18-38)59(96)82-53(37(5)87)63(100)74-40(19-11-12-24-68)56(93)77-43(32-86)57(94)81-52(36(4)7-2)66(103)85-28-16-23-48(85)65(102)84-27-15-22-47(84)61(98)80-51/h8-10,17-18,35-37,39-48,51-53,67,71,86-87H,6-7,11-16,19-34,68-70H2,1-5H3,(H,72,91)(H,73,88)(H,74,100)(H,75,97)(H,76,95)(H,77,93)(H,78,92)(H,79,99)(H,80,98)(H,81,94)(H,82,96)(H,89,90)/t35-,36-,37+,39-,40-,41-,42-,43-,44-,45-,46-,47-,48-,51-,52-,53-/m0/s1. The number of nitrogens with two attached hydrogens (primary N) is 3. The second-order valence-corrected chi connectivity index (χ2v) is 29.7. The Morgan fingerprint density at radius 1 is 0.533 bits per heavy atom. The van der Waals surface area contributed by atoms with Gasteiger partial charge in [-0.3, -0.25) is 77.2 Å². The van der Waals surface area contributed by atoms with Crippen molar-refractivity contribution in [2.45, 2.75) is 222 Å². The van der Waals surface area contributed by atoms with E-state index in [1.165, 1.54) is 14.7 Å². The normalized spacial score (nSPS) is 28.7. The molecule has 1 aromatic rings. The van der Waals surface area contributed by atoms with Crippen LogP contribution in [0.25, 0.3) is 0 Å². The summed E-state index contributed by atoms with van der Waals surface area (Å²) in [7, 11) is 1.71. The van der Waals surface area contributed by atoms with E-state index >= 15 is 14.4 Å². The molecule has 0 spiro atoms. The molecule has 5 saturated heterocycles. The molecular weight excluding hydrogens is 1410 g/mol. The molecule has 0 unspecified atom stereocenters. The maximum absolute atomic E-state index is 15.3. The number of unbranched alkanes of at least 4 members (excludes halogenated alkanes) is 1. The Morgan fingerprint density at radius 3 is 1.59 bits per heavy atom. The first-order valence-electron chi connectivity index (χ1n) is 36.0. The zero-order chi connectivity index (χ0) is 77.2. The summed E-state index contributed by atoms with van der Waals surface area (Å²) in [5.41, 5.74) is 17.8. The number of carbonyl (C=O) groups excluding carboxylic acids is 14. The number of nitrogens with one attached hydrogen (secondary N) is 12. The first-order chi connectivity index (χ1) is 50.0. The summed E-state index contributed by atoms with van der Waals surface area (Å²) >= 11 is 0. The maximum Gasteiger partial charge on any atom is 0.305 e. The quantitative estimate of drug-likeness (QED) is 0.0349. The minimum atomic E-state index is -1.94. The van der Waals surface area contributed by atoms with Crippen molar-refractivity contribution < 1.29 is 87.2 Å². The van der Waals surface area contributed by atoms with Gasteiger partial charge in [0, 0.05) is 37.6 Å². The van der Waals surface area contributed by atoms with Crippen LogP contribution in [0.15, 0.2) is 30.3 Å². The molecule has 14 amide bonds. The number of aliphatic hydroxyl groups excluding tert-OH is 2. The van der Waals surface area contributed by atoms with Crippen LogP contribution in [0.3, 0.4) is 0 Å². The van der Waals surface area contributed by atoms with Crippen LogP contribution in [0.1, 0.15) is 130 Å². The van der Waals surface area contributed by atoms with Crippen molar-refractivity contribution in [2.75, 3.05) is 57.4 Å². The molecule has 21 N–H and O–H groups in total. The molecule has 105 heavy (non-hydrogen) atoms. The molecule has 6 rings (SSSR count). The summed E-state index contributed by atoms with van der Waals surface area (Å²) in [6, 6.07) is -11.4. The lowest BCUT2D eigenvalue weighted by molar-refractivity contribution is -0.149. The highest BCUT2D eigenvalue weighted by Crippen LogP contribution is 2.29. The molecule has 5 heterocycles. The molecule has 0 aliphatic carbocycles. The predicted octanol–water partition coefficient (Wildman–Crippen LogP) is -5.79. The Bertz CT molecular complexity index is 3230. The van der Waals surface area contributed by atoms with Crippen molar-refractivity contribution in [3.8, 4) is 0 Å². The molecule has 5 aliphatic rings. The number of amides is 14. The topological polar surface area (TPSA) is 549 Å². The molecule has 36 nitrogen and oxygen atoms in total. The summed E-state index contributed by atoms with van der Waals surface area (Å²) in [6.07, 6.45) is -1.86. The summed E-state index contributed by atoms with van der Waals surface area (Å²) in [5, 5.41) is 62.9. The number of hydrogen-bond acceptors (Lipinski definition) is 23. The van der Waals surface area contributed by atoms with Crippen LogP contribution in [0.5, 0.6) is 0 Å². The van der Waals surface area contributed by atoms with Crippen molar-refractivity contribution in [2.24, 2.45) is 29.0 Å². The number of nitrogens with zero attached hydrogens (tertiary/aromatic N) is 3. The maximum atomic E-state index is 15.3. The van der Waals surface area contributed by atoms with Gasteiger partial charge in [-0.05, 0) is 108 Å². The number of aliphatic hydroxyl groups is 2. The fraction of sp³-hybridized carbons (Fsp3) is 0.687. The predicted molar refractivity (Wildman–Crippen MR) is 384 cm³/mol. The van der Waals surface area contributed by atoms with Crippen LogP contribution in [0.2, 0.25) is 0 Å². The van der Waals surface area contributed by atoms with Gasteiger partial charge in [0.15, 0.2) is 0 Å². The van der Waals surface area contributed by atoms with Gasteiger partial charge in [-0.1, -0.05) is 92.5 Å². The van der Waals surface area contributed by atoms with E-state index < -0.39 is 223 Å². The summed E-state index contributed by atoms with van der Waals surface area (Å²) in [5.74, 6) is -16.8. The van der Waals surface area contributed by atoms with Crippen molar-refractivity contribution in [1.82, 2.24) is 78.5 Å². The average Bonchev–Trinajstić information content (AvgIpc) is 1.69. The highest BCUT2D eigenvalue weighted by atomic mass is 33.1. The molecule has 1 aromatic carbocycles. The fourth-order valence-corrected chi connectivity index (χ4v) is 15.3. The van der Waals surface area contributed by atoms with Crippen LogP contribution in [-0.4, -0.2) is 267 Å². The van der Waals surface area contributed by atoms with E-state index in [0.717, 1.165) is 28.5 Å². The summed E-state index contributed by atoms with van der Waals surface area (Å²) < 4.78 is 0. The lowest BCUT2D eigenvalue weighted by Crippen LogP contribution is -2.62. The lowest BCUT2D eigenvalue weighted by Gasteiger charge is -2.35. The largest absolute Gasteiger partial charge is 0.481 e. The van der Waals surface area contributed by atoms with Gasteiger partial charge in [-0.25, -0.2) is 0 Å².